The number of carbonyl (C=O) groups is 2. The number of para-hydroxylation sites is 1. The molecule has 1 saturated heterocycles. The topological polar surface area (TPSA) is 66.8 Å². The van der Waals surface area contributed by atoms with E-state index in [-0.39, 0.29) is 11.8 Å². The van der Waals surface area contributed by atoms with Crippen LogP contribution >= 0.6 is 0 Å². The lowest BCUT2D eigenvalue weighted by atomic mass is 10.2. The Bertz CT molecular complexity index is 1130. The highest BCUT2D eigenvalue weighted by Gasteiger charge is 2.22. The predicted octanol–water partition coefficient (Wildman–Crippen LogP) is 3.57. The van der Waals surface area contributed by atoms with Crippen LogP contribution in [0.4, 0.5) is 5.69 Å². The minimum absolute atomic E-state index is 0.0803. The highest BCUT2D eigenvalue weighted by Crippen LogP contribution is 2.23. The van der Waals surface area contributed by atoms with Crippen molar-refractivity contribution in [1.82, 2.24) is 14.8 Å². The summed E-state index contributed by atoms with van der Waals surface area (Å²) in [5.41, 5.74) is 4.62. The number of aromatic nitrogens is 1. The fraction of sp³-hybridized carbons (Fsp3) is 0.333. The molecule has 0 bridgehead atoms. The van der Waals surface area contributed by atoms with Gasteiger partial charge >= 0.3 is 0 Å². The molecule has 1 fully saturated rings. The van der Waals surface area contributed by atoms with Crippen LogP contribution in [-0.4, -0.2) is 61.1 Å². The average Bonchev–Trinajstić information content (AvgIpc) is 3.18. The third-order valence-corrected chi connectivity index (χ3v) is 6.38. The number of rotatable bonds is 7. The summed E-state index contributed by atoms with van der Waals surface area (Å²) in [6.45, 7) is 7.27. The number of piperazine rings is 1. The maximum atomic E-state index is 12.8. The Kier molecular flexibility index (Phi) is 7.21. The Morgan fingerprint density at radius 2 is 1.59 bits per heavy atom. The van der Waals surface area contributed by atoms with Crippen molar-refractivity contribution in [2.75, 3.05) is 44.7 Å². The first kappa shape index (κ1) is 23.4. The molecule has 1 N–H and O–H groups in total. The highest BCUT2D eigenvalue weighted by atomic mass is 16.5. The second-order valence-corrected chi connectivity index (χ2v) is 8.53. The molecule has 7 nitrogen and oxygen atoms in total. The Hall–Kier alpha value is -3.74. The zero-order valence-electron chi connectivity index (χ0n) is 20.1. The van der Waals surface area contributed by atoms with Crippen LogP contribution in [0.5, 0.6) is 5.75 Å². The first-order valence-electron chi connectivity index (χ1n) is 11.7. The summed E-state index contributed by atoms with van der Waals surface area (Å²) in [4.78, 5) is 29.7. The second kappa shape index (κ2) is 10.5. The molecule has 7 heteroatoms. The number of hydrogen-bond donors (Lipinski definition) is 1. The maximum Gasteiger partial charge on any atom is 0.253 e. The predicted molar refractivity (Wildman–Crippen MR) is 134 cm³/mol. The number of nitrogens with zero attached hydrogens (tertiary/aromatic N) is 3. The number of benzene rings is 2. The summed E-state index contributed by atoms with van der Waals surface area (Å²) < 4.78 is 7.28. The molecule has 1 aromatic heterocycles. The lowest BCUT2D eigenvalue weighted by Crippen LogP contribution is -2.49. The molecule has 2 heterocycles. The minimum Gasteiger partial charge on any atom is -0.497 e. The van der Waals surface area contributed by atoms with Gasteiger partial charge in [0.1, 0.15) is 5.75 Å². The summed E-state index contributed by atoms with van der Waals surface area (Å²) in [5, 5.41) is 2.92. The van der Waals surface area contributed by atoms with Gasteiger partial charge in [-0.15, -0.1) is 0 Å². The van der Waals surface area contributed by atoms with E-state index in [1.807, 2.05) is 71.8 Å². The van der Waals surface area contributed by atoms with Crippen LogP contribution in [0.25, 0.3) is 5.69 Å². The third kappa shape index (κ3) is 5.09. The molecule has 0 radical (unpaired) electrons. The smallest absolute Gasteiger partial charge is 0.253 e. The van der Waals surface area contributed by atoms with E-state index in [1.165, 1.54) is 5.69 Å². The number of carbonyl (C=O) groups excluding carboxylic acids is 2. The molecule has 0 atom stereocenters. The molecule has 34 heavy (non-hydrogen) atoms. The quantitative estimate of drug-likeness (QED) is 0.585. The van der Waals surface area contributed by atoms with Gasteiger partial charge in [0.25, 0.3) is 5.91 Å². The molecule has 4 rings (SSSR count). The molecular formula is C27H32N4O3. The van der Waals surface area contributed by atoms with Crippen molar-refractivity contribution in [3.05, 3.63) is 77.6 Å². The van der Waals surface area contributed by atoms with Crippen LogP contribution in [0, 0.1) is 13.8 Å². The molecule has 0 unspecified atom stereocenters. The van der Waals surface area contributed by atoms with Gasteiger partial charge < -0.3 is 24.4 Å². The monoisotopic (exact) mass is 460 g/mol. The summed E-state index contributed by atoms with van der Waals surface area (Å²) in [6, 6.07) is 19.9. The van der Waals surface area contributed by atoms with E-state index in [4.69, 9.17) is 4.74 Å². The molecule has 1 aliphatic rings. The van der Waals surface area contributed by atoms with Crippen LogP contribution in [0.1, 0.15) is 28.2 Å². The van der Waals surface area contributed by atoms with Crippen LogP contribution in [-0.2, 0) is 4.79 Å². The van der Waals surface area contributed by atoms with E-state index in [0.717, 1.165) is 35.9 Å². The normalized spacial score (nSPS) is 13.6. The molecule has 2 aromatic carbocycles. The number of hydrogen-bond acceptors (Lipinski definition) is 4. The fourth-order valence-electron chi connectivity index (χ4n) is 4.51. The Morgan fingerprint density at radius 3 is 2.24 bits per heavy atom. The van der Waals surface area contributed by atoms with Gasteiger partial charge in [-0.1, -0.05) is 18.2 Å². The van der Waals surface area contributed by atoms with Crippen LogP contribution in [0.2, 0.25) is 0 Å². The van der Waals surface area contributed by atoms with Crippen molar-refractivity contribution in [3.63, 3.8) is 0 Å². The van der Waals surface area contributed by atoms with Crippen molar-refractivity contribution in [2.24, 2.45) is 0 Å². The number of aryl methyl sites for hydroxylation is 1. The zero-order chi connectivity index (χ0) is 24.1. The van der Waals surface area contributed by atoms with Gasteiger partial charge in [0.05, 0.1) is 12.7 Å². The summed E-state index contributed by atoms with van der Waals surface area (Å²) >= 11 is 0. The number of anilines is 1. The molecule has 0 spiro atoms. The van der Waals surface area contributed by atoms with Gasteiger partial charge in [-0.25, -0.2) is 0 Å². The van der Waals surface area contributed by atoms with Crippen molar-refractivity contribution in [1.29, 1.82) is 0 Å². The third-order valence-electron chi connectivity index (χ3n) is 6.38. The highest BCUT2D eigenvalue weighted by molar-refractivity contribution is 5.96. The van der Waals surface area contributed by atoms with Crippen molar-refractivity contribution >= 4 is 17.5 Å². The van der Waals surface area contributed by atoms with Crippen molar-refractivity contribution < 1.29 is 14.3 Å². The van der Waals surface area contributed by atoms with Crippen molar-refractivity contribution in [2.45, 2.75) is 20.3 Å². The van der Waals surface area contributed by atoms with Gasteiger partial charge in [-0.3, -0.25) is 9.59 Å². The fourth-order valence-corrected chi connectivity index (χ4v) is 4.51. The standard InChI is InChI=1S/C27H32N4O3/c1-20-19-25(21(2)31(20)23-9-11-24(34-3)12-10-23)27(33)28-14-13-26(32)30-17-15-29(16-18-30)22-7-5-4-6-8-22/h4-12,19H,13-18H2,1-3H3,(H,28,33). The zero-order valence-corrected chi connectivity index (χ0v) is 20.1. The molecule has 3 aromatic rings. The number of nitrogens with one attached hydrogen (secondary N) is 1. The molecule has 2 amide bonds. The van der Waals surface area contributed by atoms with E-state index >= 15 is 0 Å². The van der Waals surface area contributed by atoms with Crippen LogP contribution < -0.4 is 15.0 Å². The lowest BCUT2D eigenvalue weighted by Gasteiger charge is -2.36. The summed E-state index contributed by atoms with van der Waals surface area (Å²) in [7, 11) is 1.64. The Labute approximate surface area is 200 Å². The molecule has 0 aliphatic carbocycles. The SMILES string of the molecule is COc1ccc(-n2c(C)cc(C(=O)NCCC(=O)N3CCN(c4ccccc4)CC3)c2C)cc1. The van der Waals surface area contributed by atoms with Gasteiger partial charge in [-0.2, -0.15) is 0 Å². The molecule has 1 aliphatic heterocycles. The van der Waals surface area contributed by atoms with Crippen LogP contribution in [0.3, 0.4) is 0 Å². The van der Waals surface area contributed by atoms with Gasteiger partial charge in [0, 0.05) is 61.9 Å². The minimum atomic E-state index is -0.158. The largest absolute Gasteiger partial charge is 0.497 e. The van der Waals surface area contributed by atoms with Crippen molar-refractivity contribution in [3.8, 4) is 11.4 Å². The number of amides is 2. The maximum absolute atomic E-state index is 12.8. The average molecular weight is 461 g/mol. The Balaban J connectivity index is 1.29. The van der Waals surface area contributed by atoms with E-state index in [0.29, 0.717) is 31.6 Å². The van der Waals surface area contributed by atoms with E-state index in [2.05, 4.69) is 22.3 Å². The second-order valence-electron chi connectivity index (χ2n) is 8.53. The van der Waals surface area contributed by atoms with Gasteiger partial charge in [0.2, 0.25) is 5.91 Å². The summed E-state index contributed by atoms with van der Waals surface area (Å²) in [5.74, 6) is 0.710. The first-order valence-corrected chi connectivity index (χ1v) is 11.7. The Morgan fingerprint density at radius 1 is 0.912 bits per heavy atom. The molecule has 178 valence electrons. The van der Waals surface area contributed by atoms with Gasteiger partial charge in [0.15, 0.2) is 0 Å². The molecular weight excluding hydrogens is 428 g/mol. The van der Waals surface area contributed by atoms with Crippen LogP contribution in [0.15, 0.2) is 60.7 Å². The molecule has 0 saturated carbocycles. The number of methoxy groups -OCH3 is 1. The van der Waals surface area contributed by atoms with Gasteiger partial charge in [-0.05, 0) is 56.3 Å². The lowest BCUT2D eigenvalue weighted by molar-refractivity contribution is -0.131. The summed E-state index contributed by atoms with van der Waals surface area (Å²) in [6.07, 6.45) is 0.300. The number of ether oxygens (including phenoxy) is 1. The van der Waals surface area contributed by atoms with E-state index < -0.39 is 0 Å². The van der Waals surface area contributed by atoms with E-state index in [9.17, 15) is 9.59 Å². The first-order chi connectivity index (χ1) is 16.5. The van der Waals surface area contributed by atoms with E-state index in [1.54, 1.807) is 7.11 Å².